The van der Waals surface area contributed by atoms with Gasteiger partial charge in [-0.25, -0.2) is 27.6 Å². The third kappa shape index (κ3) is 12.8. The fourth-order valence-electron chi connectivity index (χ4n) is 11.5. The summed E-state index contributed by atoms with van der Waals surface area (Å²) in [6.45, 7) is 21.5. The molecule has 12 nitrogen and oxygen atoms in total. The molecule has 3 aromatic rings. The molecule has 0 unspecified atom stereocenters. The van der Waals surface area contributed by atoms with Gasteiger partial charge in [0.2, 0.25) is 0 Å². The van der Waals surface area contributed by atoms with Crippen molar-refractivity contribution in [3.8, 4) is 0 Å². The Hall–Kier alpha value is -4.86. The molecule has 3 spiro atoms. The normalized spacial score (nSPS) is 22.6. The maximum absolute atomic E-state index is 13.9. The number of halogens is 3. The van der Waals surface area contributed by atoms with E-state index in [2.05, 4.69) is 21.3 Å². The first-order valence-corrected chi connectivity index (χ1v) is 24.8. The molecular formula is C55H79F3N6O6. The molecule has 6 aliphatic rings. The minimum Gasteiger partial charge on any atom is -0.444 e. The number of carbonyl (C=O) groups is 3. The fourth-order valence-corrected chi connectivity index (χ4v) is 11.5. The molecule has 0 saturated carbocycles. The summed E-state index contributed by atoms with van der Waals surface area (Å²) in [7, 11) is 1.25. The van der Waals surface area contributed by atoms with E-state index in [4.69, 9.17) is 21.3 Å². The van der Waals surface area contributed by atoms with E-state index in [9.17, 15) is 27.6 Å². The number of nitrogens with one attached hydrogen (secondary N) is 4. The van der Waals surface area contributed by atoms with Crippen LogP contribution < -0.4 is 27.0 Å². The first-order chi connectivity index (χ1) is 33.3. The zero-order valence-corrected chi connectivity index (χ0v) is 43.1. The van der Waals surface area contributed by atoms with Crippen molar-refractivity contribution in [2.75, 3.05) is 39.3 Å². The van der Waals surface area contributed by atoms with Gasteiger partial charge in [-0.05, 0) is 221 Å². The molecule has 3 heterocycles. The highest BCUT2D eigenvalue weighted by atomic mass is 19.1. The van der Waals surface area contributed by atoms with E-state index >= 15 is 0 Å². The molecule has 70 heavy (non-hydrogen) atoms. The van der Waals surface area contributed by atoms with Crippen molar-refractivity contribution in [2.24, 2.45) is 22.0 Å². The number of benzene rings is 3. The second-order valence-electron chi connectivity index (χ2n) is 23.3. The lowest BCUT2D eigenvalue weighted by atomic mass is 9.73. The van der Waals surface area contributed by atoms with Crippen molar-refractivity contribution in [1.82, 2.24) is 26.2 Å². The average molecular weight is 978 g/mol. The number of likely N-dealkylation sites (tertiary alicyclic amines) is 1. The Kier molecular flexibility index (Phi) is 15.9. The maximum Gasteiger partial charge on any atom is 0.410 e. The van der Waals surface area contributed by atoms with E-state index in [-0.39, 0.29) is 57.9 Å². The zero-order valence-electron chi connectivity index (χ0n) is 44.1. The number of amides is 3. The highest BCUT2D eigenvalue weighted by Gasteiger charge is 2.51. The minimum atomic E-state index is -0.610. The van der Waals surface area contributed by atoms with Gasteiger partial charge in [0, 0.05) is 31.3 Å². The second kappa shape index (κ2) is 21.1. The smallest absolute Gasteiger partial charge is 0.410 e. The standard InChI is InChI=1S/C23H33FN2O4.C18H25FN2O2.C13H17FN2.CH4/c1-21(2,3)29-19(27)25-18-17-8-7-16(24)13-15(17)14-23(18)9-11-26(12-10-23)20(28)30-22(4,5)6;1-17(2,3)23-16(22)21-15-14-5-4-13(19)10-12(14)11-18(15)6-8-20-9-7-18;14-10-1-2-11-9(7-10)8-13(12(11)15)3-5-16-6-4-13;/h7-8,13,18H,9-12,14H2,1-6H3,(H,25,27);4-5,10,15,20H,6-9,11H2,1-3H3,(H,21,22);1-2,7,12,16H,3-6,8,15H2;1H4/t18-;15-;12-;/m111./s1/i;;;1D. The highest BCUT2D eigenvalue weighted by Crippen LogP contribution is 2.54. The van der Waals surface area contributed by atoms with E-state index in [1.54, 1.807) is 29.2 Å². The lowest BCUT2D eigenvalue weighted by molar-refractivity contribution is 0.00331. The lowest BCUT2D eigenvalue weighted by Crippen LogP contribution is -2.49. The van der Waals surface area contributed by atoms with Crippen molar-refractivity contribution >= 4 is 18.3 Å². The highest BCUT2D eigenvalue weighted by molar-refractivity contribution is 5.70. The Labute approximate surface area is 415 Å². The molecule has 9 rings (SSSR count). The molecule has 3 aromatic carbocycles. The number of nitrogens with two attached hydrogens (primary N) is 1. The first-order valence-electron chi connectivity index (χ1n) is 25.8. The molecule has 3 aliphatic heterocycles. The minimum absolute atomic E-state index is 0.0434. The van der Waals surface area contributed by atoms with Crippen LogP contribution in [0.15, 0.2) is 54.6 Å². The Morgan fingerprint density at radius 2 is 0.929 bits per heavy atom. The van der Waals surface area contributed by atoms with Gasteiger partial charge >= 0.3 is 18.3 Å². The largest absolute Gasteiger partial charge is 0.444 e. The predicted octanol–water partition coefficient (Wildman–Crippen LogP) is 10.7. The summed E-state index contributed by atoms with van der Waals surface area (Å²) in [5.74, 6) is -0.643. The van der Waals surface area contributed by atoms with E-state index in [1.807, 2.05) is 74.4 Å². The topological polar surface area (TPSA) is 156 Å². The Bertz CT molecular complexity index is 2350. The van der Waals surface area contributed by atoms with Gasteiger partial charge in [0.05, 0.1) is 12.1 Å². The molecule has 3 amide bonds. The monoisotopic (exact) mass is 978 g/mol. The zero-order chi connectivity index (χ0) is 52.2. The number of rotatable bonds is 2. The van der Waals surface area contributed by atoms with Crippen molar-refractivity contribution in [3.63, 3.8) is 0 Å². The average Bonchev–Trinajstić information content (AvgIpc) is 3.82. The van der Waals surface area contributed by atoms with Crippen LogP contribution in [0.3, 0.4) is 0 Å². The van der Waals surface area contributed by atoms with Crippen LogP contribution in [-0.2, 0) is 33.5 Å². The number of fused-ring (bicyclic) bond motifs is 3. The number of hydrogen-bond donors (Lipinski definition) is 5. The van der Waals surface area contributed by atoms with E-state index in [0.717, 1.165) is 98.1 Å². The van der Waals surface area contributed by atoms with E-state index < -0.39 is 29.0 Å². The molecular weight excluding hydrogens is 898 g/mol. The third-order valence-electron chi connectivity index (χ3n) is 14.7. The third-order valence-corrected chi connectivity index (χ3v) is 14.7. The van der Waals surface area contributed by atoms with Gasteiger partial charge in [-0.3, -0.25) is 0 Å². The first kappa shape index (κ1) is 53.0. The van der Waals surface area contributed by atoms with Gasteiger partial charge in [-0.15, -0.1) is 0 Å². The summed E-state index contributed by atoms with van der Waals surface area (Å²) in [4.78, 5) is 39.0. The number of carbonyl (C=O) groups excluding carboxylic acids is 3. The van der Waals surface area contributed by atoms with Gasteiger partial charge < -0.3 is 46.1 Å². The summed E-state index contributed by atoms with van der Waals surface area (Å²) >= 11 is 0. The molecule has 3 saturated heterocycles. The van der Waals surface area contributed by atoms with Gasteiger partial charge in [-0.2, -0.15) is 0 Å². The van der Waals surface area contributed by atoms with Crippen molar-refractivity contribution in [1.29, 1.82) is 0 Å². The fraction of sp³-hybridized carbons (Fsp3) is 0.618. The van der Waals surface area contributed by atoms with Gasteiger partial charge in [0.25, 0.3) is 0 Å². The molecule has 0 bridgehead atoms. The van der Waals surface area contributed by atoms with Crippen LogP contribution in [0.1, 0.15) is 161 Å². The number of piperidine rings is 3. The van der Waals surface area contributed by atoms with Gasteiger partial charge in [0.15, 0.2) is 0 Å². The maximum atomic E-state index is 13.9. The summed E-state index contributed by atoms with van der Waals surface area (Å²) in [6, 6.07) is 14.4. The summed E-state index contributed by atoms with van der Waals surface area (Å²) < 4.78 is 62.8. The summed E-state index contributed by atoms with van der Waals surface area (Å²) in [6.07, 6.45) is 6.69. The lowest BCUT2D eigenvalue weighted by Gasteiger charge is -2.43. The summed E-state index contributed by atoms with van der Waals surface area (Å²) in [5.41, 5.74) is 10.7. The molecule has 3 fully saturated rings. The second-order valence-corrected chi connectivity index (χ2v) is 23.3. The Balaban J connectivity index is 0.000000178. The van der Waals surface area contributed by atoms with E-state index in [1.165, 1.54) is 25.6 Å². The number of ether oxygens (including phenoxy) is 3. The van der Waals surface area contributed by atoms with Crippen LogP contribution in [0.25, 0.3) is 0 Å². The molecule has 0 aromatic heterocycles. The molecule has 15 heteroatoms. The van der Waals surface area contributed by atoms with Crippen LogP contribution in [0, 0.1) is 33.7 Å². The summed E-state index contributed by atoms with van der Waals surface area (Å²) in [5, 5.41) is 12.8. The van der Waals surface area contributed by atoms with Crippen LogP contribution in [0.2, 0.25) is 0 Å². The Morgan fingerprint density at radius 1 is 0.586 bits per heavy atom. The quantitative estimate of drug-likeness (QED) is 0.158. The van der Waals surface area contributed by atoms with Crippen LogP contribution in [0.5, 0.6) is 0 Å². The van der Waals surface area contributed by atoms with Crippen molar-refractivity contribution < 1.29 is 43.1 Å². The SMILES string of the molecule is CC(C)(C)OC(=O)N[C@@H]1c2ccc(F)cc2CC12CCN(C(=O)OC(C)(C)C)CC2.CC(C)(C)OC(=O)N[C@@H]1c2ccc(F)cc2CC12CCNCC2.N[C@@H]1c2ccc(F)cc2CC12CCNCC2.[2H]C. The van der Waals surface area contributed by atoms with Crippen LogP contribution in [-0.4, -0.2) is 79.3 Å². The van der Waals surface area contributed by atoms with Crippen LogP contribution >= 0.6 is 0 Å². The van der Waals surface area contributed by atoms with Crippen molar-refractivity contribution in [2.45, 2.75) is 162 Å². The van der Waals surface area contributed by atoms with Crippen molar-refractivity contribution in [3.05, 3.63) is 105 Å². The molecule has 0 radical (unpaired) electrons. The molecule has 386 valence electrons. The Morgan fingerprint density at radius 3 is 1.33 bits per heavy atom. The molecule has 6 N–H and O–H groups in total. The van der Waals surface area contributed by atoms with Gasteiger partial charge in [-0.1, -0.05) is 25.6 Å². The molecule has 3 aliphatic carbocycles. The van der Waals surface area contributed by atoms with Crippen LogP contribution in [0.4, 0.5) is 27.6 Å². The number of alkyl carbamates (subject to hydrolysis) is 2. The predicted molar refractivity (Wildman–Crippen MR) is 267 cm³/mol. The molecule has 3 atom stereocenters. The number of hydrogen-bond acceptors (Lipinski definition) is 9. The van der Waals surface area contributed by atoms with E-state index in [0.29, 0.717) is 32.4 Å². The number of nitrogens with zero attached hydrogens (tertiary/aromatic N) is 1. The van der Waals surface area contributed by atoms with Gasteiger partial charge in [0.1, 0.15) is 34.3 Å².